The van der Waals surface area contributed by atoms with Crippen LogP contribution in [0.4, 0.5) is 0 Å². The number of pyridine rings is 1. The first kappa shape index (κ1) is 19.5. The molecule has 4 aromatic rings. The molecule has 3 heterocycles. The zero-order chi connectivity index (χ0) is 21.0. The highest BCUT2D eigenvalue weighted by Crippen LogP contribution is 2.34. The number of ether oxygens (including phenoxy) is 1. The van der Waals surface area contributed by atoms with E-state index in [0.717, 1.165) is 48.0 Å². The molecule has 2 aromatic carbocycles. The number of nitrogens with zero attached hydrogens (tertiary/aromatic N) is 4. The molecule has 0 amide bonds. The van der Waals surface area contributed by atoms with Gasteiger partial charge in [0.1, 0.15) is 11.5 Å². The van der Waals surface area contributed by atoms with Crippen LogP contribution in [0.2, 0.25) is 0 Å². The van der Waals surface area contributed by atoms with Crippen LogP contribution in [-0.2, 0) is 13.6 Å². The van der Waals surface area contributed by atoms with Gasteiger partial charge in [-0.1, -0.05) is 24.3 Å². The van der Waals surface area contributed by atoms with Crippen LogP contribution < -0.4 is 4.74 Å². The normalized spacial score (nSPS) is 16.5. The Morgan fingerprint density at radius 3 is 2.48 bits per heavy atom. The Bertz CT molecular complexity index is 1120. The summed E-state index contributed by atoms with van der Waals surface area (Å²) in [7, 11) is 1.99. The maximum absolute atomic E-state index is 5.93. The fraction of sp³-hybridized carbons (Fsp3) is 0.231. The molecule has 1 aliphatic heterocycles. The van der Waals surface area contributed by atoms with Gasteiger partial charge in [-0.15, -0.1) is 0 Å². The maximum Gasteiger partial charge on any atom is 0.127 e. The van der Waals surface area contributed by atoms with Gasteiger partial charge in [-0.3, -0.25) is 14.6 Å². The standard InChI is InChI=1S/C26H26N4O/c1-29-18-21(19-30-17-7-11-25(30)24-10-5-6-16-27-24)26(28-29)20-12-14-23(15-13-20)31-22-8-3-2-4-9-22/h2-6,8-10,12-16,18,25H,7,11,17,19H2,1H3/t25-/m1/s1. The average Bonchev–Trinajstić information content (AvgIpc) is 3.42. The molecule has 0 saturated carbocycles. The molecular weight excluding hydrogens is 384 g/mol. The minimum atomic E-state index is 0.371. The van der Waals surface area contributed by atoms with E-state index in [4.69, 9.17) is 9.84 Å². The first-order chi connectivity index (χ1) is 15.3. The van der Waals surface area contributed by atoms with Gasteiger partial charge >= 0.3 is 0 Å². The van der Waals surface area contributed by atoms with Crippen LogP contribution in [0.25, 0.3) is 11.3 Å². The predicted molar refractivity (Wildman–Crippen MR) is 122 cm³/mol. The van der Waals surface area contributed by atoms with Crippen LogP contribution >= 0.6 is 0 Å². The summed E-state index contributed by atoms with van der Waals surface area (Å²) in [6.45, 7) is 1.95. The van der Waals surface area contributed by atoms with Crippen LogP contribution in [-0.4, -0.2) is 26.2 Å². The van der Waals surface area contributed by atoms with Gasteiger partial charge in [0.2, 0.25) is 0 Å². The predicted octanol–water partition coefficient (Wildman–Crippen LogP) is 5.61. The van der Waals surface area contributed by atoms with Crippen LogP contribution in [0.3, 0.4) is 0 Å². The third-order valence-electron chi connectivity index (χ3n) is 5.78. The summed E-state index contributed by atoms with van der Waals surface area (Å²) in [6.07, 6.45) is 6.37. The van der Waals surface area contributed by atoms with E-state index in [2.05, 4.69) is 40.3 Å². The maximum atomic E-state index is 5.93. The molecule has 5 rings (SSSR count). The first-order valence-corrected chi connectivity index (χ1v) is 10.8. The SMILES string of the molecule is Cn1cc(CN2CCC[C@@H]2c2ccccn2)c(-c2ccc(Oc3ccccc3)cc2)n1. The van der Waals surface area contributed by atoms with Gasteiger partial charge < -0.3 is 4.74 Å². The Hall–Kier alpha value is -3.44. The van der Waals surface area contributed by atoms with E-state index >= 15 is 0 Å². The Labute approximate surface area is 182 Å². The zero-order valence-electron chi connectivity index (χ0n) is 17.7. The second-order valence-corrected chi connectivity index (χ2v) is 8.00. The van der Waals surface area contributed by atoms with E-state index in [9.17, 15) is 0 Å². The van der Waals surface area contributed by atoms with Gasteiger partial charge in [-0.25, -0.2) is 0 Å². The number of likely N-dealkylation sites (tertiary alicyclic amines) is 1. The van der Waals surface area contributed by atoms with Crippen molar-refractivity contribution in [1.82, 2.24) is 19.7 Å². The lowest BCUT2D eigenvalue weighted by atomic mass is 10.1. The summed E-state index contributed by atoms with van der Waals surface area (Å²) in [5.41, 5.74) is 4.53. The molecule has 1 fully saturated rings. The molecule has 5 heteroatoms. The number of benzene rings is 2. The molecule has 0 N–H and O–H groups in total. The molecule has 0 radical (unpaired) electrons. The summed E-state index contributed by atoms with van der Waals surface area (Å²) < 4.78 is 7.84. The van der Waals surface area contributed by atoms with Crippen molar-refractivity contribution in [2.75, 3.05) is 6.54 Å². The van der Waals surface area contributed by atoms with E-state index in [1.807, 2.05) is 66.5 Å². The topological polar surface area (TPSA) is 43.2 Å². The Kier molecular flexibility index (Phi) is 5.50. The third-order valence-corrected chi connectivity index (χ3v) is 5.78. The van der Waals surface area contributed by atoms with Crippen LogP contribution in [0.1, 0.15) is 30.1 Å². The van der Waals surface area contributed by atoms with Crippen molar-refractivity contribution >= 4 is 0 Å². The molecule has 1 saturated heterocycles. The smallest absolute Gasteiger partial charge is 0.127 e. The minimum Gasteiger partial charge on any atom is -0.457 e. The molecular formula is C26H26N4O. The van der Waals surface area contributed by atoms with Crippen molar-refractivity contribution in [3.05, 3.63) is 96.4 Å². The van der Waals surface area contributed by atoms with E-state index < -0.39 is 0 Å². The fourth-order valence-corrected chi connectivity index (χ4v) is 4.34. The molecule has 2 aromatic heterocycles. The van der Waals surface area contributed by atoms with Crippen molar-refractivity contribution in [2.24, 2.45) is 7.05 Å². The van der Waals surface area contributed by atoms with E-state index in [0.29, 0.717) is 6.04 Å². The summed E-state index contributed by atoms with van der Waals surface area (Å²) >= 11 is 0. The summed E-state index contributed by atoms with van der Waals surface area (Å²) in [5.74, 6) is 1.66. The number of para-hydroxylation sites is 1. The van der Waals surface area contributed by atoms with Gasteiger partial charge in [0.05, 0.1) is 17.4 Å². The summed E-state index contributed by atoms with van der Waals surface area (Å²) in [5, 5.41) is 4.77. The van der Waals surface area contributed by atoms with Crippen molar-refractivity contribution in [3.63, 3.8) is 0 Å². The zero-order valence-corrected chi connectivity index (χ0v) is 17.7. The molecule has 5 nitrogen and oxygen atoms in total. The average molecular weight is 411 g/mol. The summed E-state index contributed by atoms with van der Waals surface area (Å²) in [6, 6.07) is 24.6. The van der Waals surface area contributed by atoms with Gasteiger partial charge in [0.15, 0.2) is 0 Å². The Balaban J connectivity index is 1.36. The van der Waals surface area contributed by atoms with Gasteiger partial charge in [-0.2, -0.15) is 5.10 Å². The van der Waals surface area contributed by atoms with E-state index in [1.54, 1.807) is 0 Å². The molecule has 1 atom stereocenters. The molecule has 0 spiro atoms. The fourth-order valence-electron chi connectivity index (χ4n) is 4.34. The van der Waals surface area contributed by atoms with E-state index in [1.165, 1.54) is 12.0 Å². The van der Waals surface area contributed by atoms with Crippen molar-refractivity contribution in [1.29, 1.82) is 0 Å². The highest BCUT2D eigenvalue weighted by Gasteiger charge is 2.28. The van der Waals surface area contributed by atoms with Crippen molar-refractivity contribution in [3.8, 4) is 22.8 Å². The number of hydrogen-bond donors (Lipinski definition) is 0. The van der Waals surface area contributed by atoms with E-state index in [-0.39, 0.29) is 0 Å². The molecule has 0 bridgehead atoms. The Morgan fingerprint density at radius 2 is 1.71 bits per heavy atom. The largest absolute Gasteiger partial charge is 0.457 e. The minimum absolute atomic E-state index is 0.371. The highest BCUT2D eigenvalue weighted by atomic mass is 16.5. The molecule has 0 unspecified atom stereocenters. The third kappa shape index (κ3) is 4.37. The van der Waals surface area contributed by atoms with Crippen molar-refractivity contribution < 1.29 is 4.74 Å². The summed E-state index contributed by atoms with van der Waals surface area (Å²) in [4.78, 5) is 7.13. The van der Waals surface area contributed by atoms with Crippen LogP contribution in [0.15, 0.2) is 85.2 Å². The lowest BCUT2D eigenvalue weighted by Crippen LogP contribution is -2.23. The van der Waals surface area contributed by atoms with Crippen molar-refractivity contribution in [2.45, 2.75) is 25.4 Å². The van der Waals surface area contributed by atoms with Crippen LogP contribution in [0.5, 0.6) is 11.5 Å². The molecule has 156 valence electrons. The number of aromatic nitrogens is 3. The molecule has 0 aliphatic carbocycles. The van der Waals surface area contributed by atoms with Gasteiger partial charge in [-0.05, 0) is 67.9 Å². The van der Waals surface area contributed by atoms with Gasteiger partial charge in [0, 0.05) is 37.1 Å². The highest BCUT2D eigenvalue weighted by molar-refractivity contribution is 5.63. The van der Waals surface area contributed by atoms with Crippen LogP contribution in [0, 0.1) is 0 Å². The number of hydrogen-bond acceptors (Lipinski definition) is 4. The molecule has 1 aliphatic rings. The number of aryl methyl sites for hydroxylation is 1. The quantitative estimate of drug-likeness (QED) is 0.414. The number of rotatable bonds is 6. The monoisotopic (exact) mass is 410 g/mol. The Morgan fingerprint density at radius 1 is 0.935 bits per heavy atom. The lowest BCUT2D eigenvalue weighted by Gasteiger charge is -2.23. The second-order valence-electron chi connectivity index (χ2n) is 8.00. The van der Waals surface area contributed by atoms with Gasteiger partial charge in [0.25, 0.3) is 0 Å². The second kappa shape index (κ2) is 8.74. The first-order valence-electron chi connectivity index (χ1n) is 10.8. The molecule has 31 heavy (non-hydrogen) atoms. The lowest BCUT2D eigenvalue weighted by molar-refractivity contribution is 0.244.